The monoisotopic (exact) mass is 338 g/mol. The van der Waals surface area contributed by atoms with E-state index in [1.807, 2.05) is 0 Å². The molecule has 1 aromatic carbocycles. The third-order valence-corrected chi connectivity index (χ3v) is 5.37. The van der Waals surface area contributed by atoms with Crippen molar-refractivity contribution in [3.8, 4) is 11.5 Å². The highest BCUT2D eigenvalue weighted by molar-refractivity contribution is 7.20. The van der Waals surface area contributed by atoms with Crippen molar-refractivity contribution in [2.45, 2.75) is 12.8 Å². The van der Waals surface area contributed by atoms with Gasteiger partial charge in [0, 0.05) is 22.1 Å². The predicted octanol–water partition coefficient (Wildman–Crippen LogP) is 3.35. The van der Waals surface area contributed by atoms with Crippen LogP contribution in [0.4, 0.5) is 4.39 Å². The Bertz CT molecular complexity index is 797. The van der Waals surface area contributed by atoms with E-state index in [9.17, 15) is 14.0 Å². The molecular weight excluding hydrogens is 323 g/mol. The molecule has 23 heavy (non-hydrogen) atoms. The van der Waals surface area contributed by atoms with Crippen LogP contribution in [0.1, 0.15) is 22.5 Å². The number of carboxylic acid groups (broad SMARTS) is 1. The average molecular weight is 338 g/mol. The number of ketones is 1. The number of carbonyl (C=O) groups is 2. The Morgan fingerprint density at radius 3 is 2.43 bits per heavy atom. The van der Waals surface area contributed by atoms with Crippen LogP contribution in [0, 0.1) is 17.7 Å². The summed E-state index contributed by atoms with van der Waals surface area (Å²) in [6.07, 6.45) is 1.06. The maximum atomic E-state index is 14.5. The molecule has 1 aliphatic carbocycles. The summed E-state index contributed by atoms with van der Waals surface area (Å²) in [5.41, 5.74) is 0. The third kappa shape index (κ3) is 2.45. The number of carboxylic acids is 1. The molecule has 1 saturated carbocycles. The lowest BCUT2D eigenvalue weighted by molar-refractivity contribution is -0.146. The minimum absolute atomic E-state index is 0.0103. The van der Waals surface area contributed by atoms with Crippen molar-refractivity contribution in [1.29, 1.82) is 0 Å². The van der Waals surface area contributed by atoms with Crippen LogP contribution in [0.2, 0.25) is 0 Å². The molecule has 1 heterocycles. The van der Waals surface area contributed by atoms with Crippen molar-refractivity contribution in [1.82, 2.24) is 0 Å². The third-order valence-electron chi connectivity index (χ3n) is 4.28. The lowest BCUT2D eigenvalue weighted by Gasteiger charge is -2.31. The van der Waals surface area contributed by atoms with E-state index in [2.05, 4.69) is 0 Å². The number of hydrogen-bond acceptors (Lipinski definition) is 5. The van der Waals surface area contributed by atoms with Gasteiger partial charge in [0.2, 0.25) is 0 Å². The van der Waals surface area contributed by atoms with Crippen molar-refractivity contribution in [3.63, 3.8) is 0 Å². The van der Waals surface area contributed by atoms with Crippen molar-refractivity contribution < 1.29 is 28.6 Å². The first-order valence-electron chi connectivity index (χ1n) is 7.09. The lowest BCUT2D eigenvalue weighted by Crippen LogP contribution is -2.37. The standard InChI is InChI=1S/C16H15FO5S/c1-21-10-6-11-9(13(17)15(10)22-2)5-12(23-11)14(18)7-3-4-8(7)16(19)20/h5-8H,3-4H2,1-2H3,(H,19,20)/t7-,8-/m0/s1. The zero-order valence-corrected chi connectivity index (χ0v) is 13.4. The molecule has 122 valence electrons. The van der Waals surface area contributed by atoms with Gasteiger partial charge in [-0.3, -0.25) is 9.59 Å². The summed E-state index contributed by atoms with van der Waals surface area (Å²) in [7, 11) is 2.76. The number of rotatable bonds is 5. The molecule has 0 bridgehead atoms. The van der Waals surface area contributed by atoms with Crippen molar-refractivity contribution in [2.75, 3.05) is 14.2 Å². The fraction of sp³-hybridized carbons (Fsp3) is 0.375. The fourth-order valence-electron chi connectivity index (χ4n) is 2.85. The molecule has 1 aliphatic rings. The summed E-state index contributed by atoms with van der Waals surface area (Å²) >= 11 is 1.14. The molecule has 1 aromatic heterocycles. The Kier molecular flexibility index (Phi) is 3.97. The summed E-state index contributed by atoms with van der Waals surface area (Å²) in [5, 5.41) is 9.36. The number of Topliss-reactive ketones (excluding diaryl/α,β-unsaturated/α-hetero) is 1. The van der Waals surface area contributed by atoms with Gasteiger partial charge in [-0.15, -0.1) is 11.3 Å². The SMILES string of the molecule is COc1cc2sc(C(=O)[C@H]3CC[C@@H]3C(=O)O)cc2c(F)c1OC. The maximum Gasteiger partial charge on any atom is 0.307 e. The van der Waals surface area contributed by atoms with Crippen molar-refractivity contribution >= 4 is 33.2 Å². The van der Waals surface area contributed by atoms with Crippen LogP contribution in [-0.2, 0) is 4.79 Å². The molecule has 0 unspecified atom stereocenters. The summed E-state index contributed by atoms with van der Waals surface area (Å²) in [5.74, 6) is -2.68. The number of aliphatic carboxylic acids is 1. The van der Waals surface area contributed by atoms with Gasteiger partial charge < -0.3 is 14.6 Å². The average Bonchev–Trinajstić information content (AvgIpc) is 2.89. The van der Waals surface area contributed by atoms with Crippen LogP contribution in [0.3, 0.4) is 0 Å². The van der Waals surface area contributed by atoms with Crippen molar-refractivity contribution in [2.24, 2.45) is 11.8 Å². The Morgan fingerprint density at radius 1 is 1.22 bits per heavy atom. The zero-order valence-electron chi connectivity index (χ0n) is 12.6. The molecule has 7 heteroatoms. The van der Waals surface area contributed by atoms with Crippen LogP contribution in [0.25, 0.3) is 10.1 Å². The molecule has 1 fully saturated rings. The molecule has 0 radical (unpaired) electrons. The smallest absolute Gasteiger partial charge is 0.307 e. The second kappa shape index (κ2) is 5.81. The molecule has 2 atom stereocenters. The molecule has 3 rings (SSSR count). The molecule has 0 amide bonds. The maximum absolute atomic E-state index is 14.5. The molecule has 5 nitrogen and oxygen atoms in total. The van der Waals surface area contributed by atoms with Gasteiger partial charge in [0.1, 0.15) is 0 Å². The number of halogens is 1. The van der Waals surface area contributed by atoms with E-state index in [1.54, 1.807) is 6.07 Å². The Morgan fingerprint density at radius 2 is 1.91 bits per heavy atom. The van der Waals surface area contributed by atoms with Gasteiger partial charge in [0.05, 0.1) is 25.0 Å². The number of ether oxygens (including phenoxy) is 2. The second-order valence-corrected chi connectivity index (χ2v) is 6.53. The first-order chi connectivity index (χ1) is 11.0. The second-order valence-electron chi connectivity index (χ2n) is 5.44. The number of thiophene rings is 1. The summed E-state index contributed by atoms with van der Waals surface area (Å²) in [6.45, 7) is 0. The van der Waals surface area contributed by atoms with Gasteiger partial charge >= 0.3 is 5.97 Å². The summed E-state index contributed by atoms with van der Waals surface area (Å²) < 4.78 is 25.2. The number of carbonyl (C=O) groups excluding carboxylic acids is 1. The minimum atomic E-state index is -0.953. The minimum Gasteiger partial charge on any atom is -0.493 e. The lowest BCUT2D eigenvalue weighted by atomic mass is 9.71. The van der Waals surface area contributed by atoms with Gasteiger partial charge in [-0.05, 0) is 18.9 Å². The molecule has 0 spiro atoms. The number of fused-ring (bicyclic) bond motifs is 1. The van der Waals surface area contributed by atoms with E-state index in [-0.39, 0.29) is 22.7 Å². The normalized spacial score (nSPS) is 20.1. The van der Waals surface area contributed by atoms with Crippen LogP contribution >= 0.6 is 11.3 Å². The predicted molar refractivity (Wildman–Crippen MR) is 83.1 cm³/mol. The van der Waals surface area contributed by atoms with Gasteiger partial charge in [-0.25, -0.2) is 4.39 Å². The van der Waals surface area contributed by atoms with E-state index < -0.39 is 23.6 Å². The van der Waals surface area contributed by atoms with Gasteiger partial charge in [0.25, 0.3) is 0 Å². The van der Waals surface area contributed by atoms with E-state index in [0.717, 1.165) is 11.3 Å². The van der Waals surface area contributed by atoms with Gasteiger partial charge in [-0.2, -0.15) is 0 Å². The van der Waals surface area contributed by atoms with Crippen LogP contribution in [-0.4, -0.2) is 31.1 Å². The number of methoxy groups -OCH3 is 2. The number of hydrogen-bond donors (Lipinski definition) is 1. The fourth-order valence-corrected chi connectivity index (χ4v) is 3.94. The molecular formula is C16H15FO5S. The highest BCUT2D eigenvalue weighted by Gasteiger charge is 2.42. The van der Waals surface area contributed by atoms with E-state index in [4.69, 9.17) is 14.6 Å². The largest absolute Gasteiger partial charge is 0.493 e. The summed E-state index contributed by atoms with van der Waals surface area (Å²) in [4.78, 5) is 23.9. The Hall–Kier alpha value is -2.15. The van der Waals surface area contributed by atoms with Gasteiger partial charge in [-0.1, -0.05) is 0 Å². The zero-order chi connectivity index (χ0) is 16.7. The highest BCUT2D eigenvalue weighted by atomic mass is 32.1. The first-order valence-corrected chi connectivity index (χ1v) is 7.90. The first kappa shape index (κ1) is 15.7. The van der Waals surface area contributed by atoms with Crippen molar-refractivity contribution in [3.05, 3.63) is 22.8 Å². The van der Waals surface area contributed by atoms with Crippen LogP contribution in [0.5, 0.6) is 11.5 Å². The molecule has 0 aliphatic heterocycles. The Balaban J connectivity index is 2.02. The van der Waals surface area contributed by atoms with E-state index >= 15 is 0 Å². The highest BCUT2D eigenvalue weighted by Crippen LogP contribution is 2.42. The topological polar surface area (TPSA) is 72.8 Å². The molecule has 0 saturated heterocycles. The molecule has 2 aromatic rings. The number of benzene rings is 1. The van der Waals surface area contributed by atoms with Crippen LogP contribution < -0.4 is 9.47 Å². The Labute approximate surface area is 135 Å². The van der Waals surface area contributed by atoms with Crippen LogP contribution in [0.15, 0.2) is 12.1 Å². The van der Waals surface area contributed by atoms with E-state index in [1.165, 1.54) is 20.3 Å². The van der Waals surface area contributed by atoms with Gasteiger partial charge in [0.15, 0.2) is 23.1 Å². The summed E-state index contributed by atoms with van der Waals surface area (Å²) in [6, 6.07) is 3.09. The quantitative estimate of drug-likeness (QED) is 0.847. The van der Waals surface area contributed by atoms with E-state index in [0.29, 0.717) is 22.4 Å². The molecule has 1 N–H and O–H groups in total.